The molecule has 142 valence electrons. The topological polar surface area (TPSA) is 57.6 Å². The van der Waals surface area contributed by atoms with Gasteiger partial charge in [0.15, 0.2) is 5.78 Å². The lowest BCUT2D eigenvalue weighted by Gasteiger charge is -2.58. The van der Waals surface area contributed by atoms with Gasteiger partial charge in [-0.25, -0.2) is 0 Å². The van der Waals surface area contributed by atoms with Gasteiger partial charge in [-0.3, -0.25) is 9.59 Å². The van der Waals surface area contributed by atoms with E-state index in [1.165, 1.54) is 5.57 Å². The highest BCUT2D eigenvalue weighted by atomic mass is 16.3. The Balaban J connectivity index is 1.70. The number of aliphatic hydroxyl groups is 1. The molecule has 0 heterocycles. The molecule has 0 saturated heterocycles. The van der Waals surface area contributed by atoms with Gasteiger partial charge in [0, 0.05) is 31.3 Å². The summed E-state index contributed by atoms with van der Waals surface area (Å²) in [7, 11) is 3.67. The molecule has 4 aliphatic rings. The van der Waals surface area contributed by atoms with E-state index in [-0.39, 0.29) is 34.4 Å². The largest absolute Gasteiger partial charge is 0.393 e. The van der Waals surface area contributed by atoms with Gasteiger partial charge in [0.05, 0.1) is 6.10 Å². The normalized spacial score (nSPS) is 46.9. The van der Waals surface area contributed by atoms with Crippen molar-refractivity contribution in [1.29, 1.82) is 0 Å². The number of hydrogen-bond acceptors (Lipinski definition) is 3. The van der Waals surface area contributed by atoms with Crippen LogP contribution in [0.25, 0.3) is 0 Å². The monoisotopic (exact) mass is 357 g/mol. The number of carbonyl (C=O) groups is 2. The highest BCUT2D eigenvalue weighted by Crippen LogP contribution is 2.66. The fraction of sp³-hybridized carbons (Fsp3) is 0.727. The fourth-order valence-electron chi connectivity index (χ4n) is 7.04. The molecule has 4 heteroatoms. The second-order valence-electron chi connectivity index (χ2n) is 9.66. The lowest BCUT2D eigenvalue weighted by atomic mass is 9.47. The summed E-state index contributed by atoms with van der Waals surface area (Å²) in [6.07, 6.45) is 9.74. The molecule has 0 aromatic heterocycles. The Morgan fingerprint density at radius 1 is 1.23 bits per heavy atom. The van der Waals surface area contributed by atoms with Crippen LogP contribution in [0.2, 0.25) is 0 Å². The Kier molecular flexibility index (Phi) is 4.00. The van der Waals surface area contributed by atoms with Crippen LogP contribution in [0.15, 0.2) is 23.8 Å². The molecule has 0 aromatic rings. The summed E-state index contributed by atoms with van der Waals surface area (Å²) in [6.45, 7) is 4.44. The molecule has 3 fully saturated rings. The van der Waals surface area contributed by atoms with Crippen molar-refractivity contribution in [3.63, 3.8) is 0 Å². The van der Waals surface area contributed by atoms with Crippen molar-refractivity contribution in [2.45, 2.75) is 52.1 Å². The maximum Gasteiger partial charge on any atom is 0.225 e. The minimum Gasteiger partial charge on any atom is -0.393 e. The molecule has 4 unspecified atom stereocenters. The Hall–Kier alpha value is -1.42. The number of aliphatic hydroxyl groups excluding tert-OH is 1. The van der Waals surface area contributed by atoms with Crippen LogP contribution in [0.1, 0.15) is 46.0 Å². The summed E-state index contributed by atoms with van der Waals surface area (Å²) < 4.78 is 0. The summed E-state index contributed by atoms with van der Waals surface area (Å²) >= 11 is 0. The van der Waals surface area contributed by atoms with E-state index in [0.717, 1.165) is 25.7 Å². The van der Waals surface area contributed by atoms with E-state index in [9.17, 15) is 14.7 Å². The Labute approximate surface area is 156 Å². The van der Waals surface area contributed by atoms with Crippen molar-refractivity contribution >= 4 is 11.7 Å². The van der Waals surface area contributed by atoms with Crippen LogP contribution in [-0.2, 0) is 9.59 Å². The molecular formula is C22H31NO3. The first-order valence-corrected chi connectivity index (χ1v) is 10.0. The van der Waals surface area contributed by atoms with Gasteiger partial charge in [0.25, 0.3) is 0 Å². The standard InChI is InChI=1S/C22H31NO3/c1-21-10-9-14(24)11-13(21)5-6-15-16-7-8-17(20(26)23(3)4)22(16,2)12-18(25)19(15)21/h9-11,15-19,25H,5-8,12H2,1-4H3/t15?,16?,17-,18?,19?,21+,22+/m1/s1. The summed E-state index contributed by atoms with van der Waals surface area (Å²) in [5.74, 6) is 1.36. The maximum atomic E-state index is 12.8. The third-order valence-electron chi connectivity index (χ3n) is 8.23. The minimum absolute atomic E-state index is 0.0197. The molecule has 4 nitrogen and oxygen atoms in total. The molecule has 4 rings (SSSR count). The zero-order valence-corrected chi connectivity index (χ0v) is 16.4. The Bertz CT molecular complexity index is 708. The second-order valence-corrected chi connectivity index (χ2v) is 9.66. The molecule has 0 spiro atoms. The third-order valence-corrected chi connectivity index (χ3v) is 8.23. The second kappa shape index (κ2) is 5.79. The van der Waals surface area contributed by atoms with Gasteiger partial charge < -0.3 is 10.0 Å². The van der Waals surface area contributed by atoms with Crippen LogP contribution in [0.4, 0.5) is 0 Å². The van der Waals surface area contributed by atoms with Crippen LogP contribution in [0, 0.1) is 34.5 Å². The summed E-state index contributed by atoms with van der Waals surface area (Å²) in [5.41, 5.74) is 0.849. The molecule has 7 atom stereocenters. The van der Waals surface area contributed by atoms with Gasteiger partial charge >= 0.3 is 0 Å². The zero-order chi connectivity index (χ0) is 18.9. The molecule has 4 aliphatic carbocycles. The maximum absolute atomic E-state index is 12.8. The van der Waals surface area contributed by atoms with Gasteiger partial charge in [-0.1, -0.05) is 25.5 Å². The molecule has 0 aliphatic heterocycles. The fourth-order valence-corrected chi connectivity index (χ4v) is 7.04. The number of ketones is 1. The highest BCUT2D eigenvalue weighted by molar-refractivity contribution is 6.01. The van der Waals surface area contributed by atoms with E-state index >= 15 is 0 Å². The third kappa shape index (κ3) is 2.30. The number of amides is 1. The van der Waals surface area contributed by atoms with Gasteiger partial charge in [-0.2, -0.15) is 0 Å². The number of hydrogen-bond donors (Lipinski definition) is 1. The van der Waals surface area contributed by atoms with Crippen molar-refractivity contribution in [3.8, 4) is 0 Å². The van der Waals surface area contributed by atoms with E-state index in [2.05, 4.69) is 13.8 Å². The molecule has 1 amide bonds. The van der Waals surface area contributed by atoms with Gasteiger partial charge in [0.1, 0.15) is 0 Å². The van der Waals surface area contributed by atoms with Crippen LogP contribution >= 0.6 is 0 Å². The average molecular weight is 357 g/mol. The Morgan fingerprint density at radius 2 is 1.96 bits per heavy atom. The lowest BCUT2D eigenvalue weighted by Crippen LogP contribution is -2.56. The van der Waals surface area contributed by atoms with Crippen LogP contribution < -0.4 is 0 Å². The number of rotatable bonds is 1. The van der Waals surface area contributed by atoms with Crippen LogP contribution in [0.5, 0.6) is 0 Å². The average Bonchev–Trinajstić information content (AvgIpc) is 2.90. The Morgan fingerprint density at radius 3 is 2.65 bits per heavy atom. The van der Waals surface area contributed by atoms with E-state index in [0.29, 0.717) is 18.3 Å². The van der Waals surface area contributed by atoms with Gasteiger partial charge in [-0.05, 0) is 61.5 Å². The summed E-state index contributed by atoms with van der Waals surface area (Å²) in [6, 6.07) is 0. The van der Waals surface area contributed by atoms with Gasteiger partial charge in [0.2, 0.25) is 5.91 Å². The minimum atomic E-state index is -0.427. The predicted molar refractivity (Wildman–Crippen MR) is 100 cm³/mol. The molecule has 0 bridgehead atoms. The predicted octanol–water partition coefficient (Wildman–Crippen LogP) is 2.97. The SMILES string of the molecule is CN(C)C(=O)[C@H]1CCC2C3CCC4=CC(=O)C=C[C@]4(C)C3C(O)C[C@@]21C. The molecule has 3 saturated carbocycles. The van der Waals surface area contributed by atoms with E-state index in [1.54, 1.807) is 17.1 Å². The van der Waals surface area contributed by atoms with Crippen molar-refractivity contribution in [2.75, 3.05) is 14.1 Å². The molecule has 1 N–H and O–H groups in total. The quantitative estimate of drug-likeness (QED) is 0.785. The van der Waals surface area contributed by atoms with Crippen molar-refractivity contribution < 1.29 is 14.7 Å². The first-order valence-electron chi connectivity index (χ1n) is 10.0. The van der Waals surface area contributed by atoms with E-state index in [1.807, 2.05) is 20.2 Å². The number of allylic oxidation sites excluding steroid dienone is 4. The van der Waals surface area contributed by atoms with Crippen molar-refractivity contribution in [3.05, 3.63) is 23.8 Å². The first-order chi connectivity index (χ1) is 12.2. The molecule has 0 radical (unpaired) electrons. The zero-order valence-electron chi connectivity index (χ0n) is 16.4. The lowest BCUT2D eigenvalue weighted by molar-refractivity contribution is -0.147. The van der Waals surface area contributed by atoms with Crippen molar-refractivity contribution in [2.24, 2.45) is 34.5 Å². The molecule has 0 aromatic carbocycles. The van der Waals surface area contributed by atoms with Crippen LogP contribution in [-0.4, -0.2) is 41.9 Å². The van der Waals surface area contributed by atoms with Crippen molar-refractivity contribution in [1.82, 2.24) is 4.90 Å². The number of nitrogens with zero attached hydrogens (tertiary/aromatic N) is 1. The first kappa shape index (κ1) is 18.0. The van der Waals surface area contributed by atoms with E-state index < -0.39 is 6.10 Å². The highest BCUT2D eigenvalue weighted by Gasteiger charge is 2.62. The molecular weight excluding hydrogens is 326 g/mol. The summed E-state index contributed by atoms with van der Waals surface area (Å²) in [4.78, 5) is 26.4. The molecule has 26 heavy (non-hydrogen) atoms. The van der Waals surface area contributed by atoms with E-state index in [4.69, 9.17) is 0 Å². The smallest absolute Gasteiger partial charge is 0.225 e. The summed E-state index contributed by atoms with van der Waals surface area (Å²) in [5, 5.41) is 11.3. The number of carbonyl (C=O) groups excluding carboxylic acids is 2. The van der Waals surface area contributed by atoms with Gasteiger partial charge in [-0.15, -0.1) is 0 Å². The van der Waals surface area contributed by atoms with Crippen LogP contribution in [0.3, 0.4) is 0 Å². The number of fused-ring (bicyclic) bond motifs is 5.